The normalized spacial score (nSPS) is 15.6. The number of halogens is 3. The summed E-state index contributed by atoms with van der Waals surface area (Å²) >= 11 is 0.846. The number of nitrogens with one attached hydrogen (secondary N) is 1. The van der Waals surface area contributed by atoms with Crippen molar-refractivity contribution in [2.75, 3.05) is 24.3 Å². The Morgan fingerprint density at radius 3 is 2.66 bits per heavy atom. The van der Waals surface area contributed by atoms with E-state index in [2.05, 4.69) is 20.3 Å². The third-order valence-corrected chi connectivity index (χ3v) is 5.14. The second-order valence-electron chi connectivity index (χ2n) is 6.62. The minimum absolute atomic E-state index is 0.0559. The van der Waals surface area contributed by atoms with E-state index in [9.17, 15) is 13.2 Å². The third-order valence-electron chi connectivity index (χ3n) is 4.38. The minimum Gasteiger partial charge on any atom is -0.489 e. The Balaban J connectivity index is 1.75. The fourth-order valence-electron chi connectivity index (χ4n) is 3.08. The van der Waals surface area contributed by atoms with Crippen molar-refractivity contribution in [3.63, 3.8) is 0 Å². The number of aromatic nitrogens is 3. The van der Waals surface area contributed by atoms with Gasteiger partial charge in [0.15, 0.2) is 10.8 Å². The van der Waals surface area contributed by atoms with E-state index in [1.165, 1.54) is 0 Å². The molecule has 3 aromatic rings. The number of rotatable bonds is 4. The lowest BCUT2D eigenvalue weighted by Crippen LogP contribution is -2.26. The van der Waals surface area contributed by atoms with E-state index < -0.39 is 11.9 Å². The summed E-state index contributed by atoms with van der Waals surface area (Å²) < 4.78 is 50.1. The summed E-state index contributed by atoms with van der Waals surface area (Å²) in [5.41, 5.74) is 6.06. The number of fused-ring (bicyclic) bond motifs is 1. The fourth-order valence-corrected chi connectivity index (χ4v) is 3.80. The predicted octanol–water partition coefficient (Wildman–Crippen LogP) is 4.30. The van der Waals surface area contributed by atoms with Crippen molar-refractivity contribution >= 4 is 38.9 Å². The van der Waals surface area contributed by atoms with E-state index >= 15 is 0 Å². The summed E-state index contributed by atoms with van der Waals surface area (Å²) in [4.78, 5) is 12.4. The van der Waals surface area contributed by atoms with E-state index in [-0.39, 0.29) is 11.2 Å². The van der Waals surface area contributed by atoms with Gasteiger partial charge < -0.3 is 20.5 Å². The first-order valence-corrected chi connectivity index (χ1v) is 9.79. The van der Waals surface area contributed by atoms with Crippen molar-refractivity contribution in [3.05, 3.63) is 29.0 Å². The number of nitrogens with zero attached hydrogens (tertiary/aromatic N) is 3. The number of anilines is 3. The second-order valence-corrected chi connectivity index (χ2v) is 7.48. The molecule has 154 valence electrons. The molecule has 0 aliphatic carbocycles. The van der Waals surface area contributed by atoms with E-state index in [4.69, 9.17) is 15.2 Å². The van der Waals surface area contributed by atoms with Gasteiger partial charge in [0.25, 0.3) is 0 Å². The average molecular weight is 425 g/mol. The van der Waals surface area contributed by atoms with Gasteiger partial charge in [0, 0.05) is 30.0 Å². The quantitative estimate of drug-likeness (QED) is 0.602. The van der Waals surface area contributed by atoms with Crippen LogP contribution in [0.1, 0.15) is 24.4 Å². The van der Waals surface area contributed by atoms with Crippen LogP contribution in [0.15, 0.2) is 17.5 Å². The lowest BCUT2D eigenvalue weighted by atomic mass is 10.1. The van der Waals surface area contributed by atoms with Crippen LogP contribution in [0.2, 0.25) is 0 Å². The number of ether oxygens (including phenoxy) is 2. The summed E-state index contributed by atoms with van der Waals surface area (Å²) in [6, 6.07) is 3.35. The Labute approximate surface area is 168 Å². The van der Waals surface area contributed by atoms with Crippen molar-refractivity contribution in [2.24, 2.45) is 0 Å². The van der Waals surface area contributed by atoms with Crippen LogP contribution in [-0.4, -0.2) is 34.3 Å². The zero-order chi connectivity index (χ0) is 20.6. The van der Waals surface area contributed by atoms with Gasteiger partial charge in [0.1, 0.15) is 23.5 Å². The maximum atomic E-state index is 12.9. The summed E-state index contributed by atoms with van der Waals surface area (Å²) in [6.07, 6.45) is -3.11. The van der Waals surface area contributed by atoms with Crippen LogP contribution in [0.25, 0.3) is 10.9 Å². The van der Waals surface area contributed by atoms with Crippen LogP contribution in [0, 0.1) is 6.92 Å². The second kappa shape index (κ2) is 7.64. The summed E-state index contributed by atoms with van der Waals surface area (Å²) in [5.74, 6) is 1.23. The monoisotopic (exact) mass is 425 g/mol. The van der Waals surface area contributed by atoms with E-state index in [0.29, 0.717) is 47.2 Å². The highest BCUT2D eigenvalue weighted by Crippen LogP contribution is 2.37. The van der Waals surface area contributed by atoms with Crippen molar-refractivity contribution in [2.45, 2.75) is 32.0 Å². The summed E-state index contributed by atoms with van der Waals surface area (Å²) in [6.45, 7) is 2.89. The molecule has 3 N–H and O–H groups in total. The van der Waals surface area contributed by atoms with Crippen molar-refractivity contribution < 1.29 is 22.6 Å². The Kier molecular flexibility index (Phi) is 5.17. The van der Waals surface area contributed by atoms with Crippen LogP contribution >= 0.6 is 11.3 Å². The molecule has 0 unspecified atom stereocenters. The molecule has 1 saturated heterocycles. The van der Waals surface area contributed by atoms with Gasteiger partial charge in [0.05, 0.1) is 24.1 Å². The lowest BCUT2D eigenvalue weighted by molar-refractivity contribution is -0.140. The molecule has 11 heteroatoms. The molecular formula is C18H18F3N5O2S. The van der Waals surface area contributed by atoms with Crippen LogP contribution in [0.3, 0.4) is 0 Å². The largest absolute Gasteiger partial charge is 0.489 e. The Hall–Kier alpha value is -2.66. The van der Waals surface area contributed by atoms with Crippen molar-refractivity contribution in [1.29, 1.82) is 0 Å². The molecule has 7 nitrogen and oxygen atoms in total. The first-order valence-electron chi connectivity index (χ1n) is 8.91. The molecule has 0 amide bonds. The first-order chi connectivity index (χ1) is 13.8. The number of alkyl halides is 3. The van der Waals surface area contributed by atoms with Gasteiger partial charge in [-0.2, -0.15) is 13.2 Å². The van der Waals surface area contributed by atoms with Crippen molar-refractivity contribution in [3.8, 4) is 5.75 Å². The zero-order valence-electron chi connectivity index (χ0n) is 15.4. The first kappa shape index (κ1) is 19.6. The van der Waals surface area contributed by atoms with Gasteiger partial charge in [0.2, 0.25) is 0 Å². The molecule has 2 aromatic heterocycles. The highest BCUT2D eigenvalue weighted by molar-refractivity contribution is 7.13. The topological polar surface area (TPSA) is 95.2 Å². The molecule has 0 spiro atoms. The van der Waals surface area contributed by atoms with Gasteiger partial charge in [-0.15, -0.1) is 11.3 Å². The Bertz CT molecular complexity index is 1030. The molecule has 1 aliphatic heterocycles. The number of hydrogen-bond acceptors (Lipinski definition) is 8. The molecule has 0 saturated carbocycles. The summed E-state index contributed by atoms with van der Waals surface area (Å²) in [5, 5.41) is 4.46. The molecule has 4 rings (SSSR count). The highest BCUT2D eigenvalue weighted by atomic mass is 32.1. The van der Waals surface area contributed by atoms with Crippen LogP contribution < -0.4 is 15.8 Å². The van der Waals surface area contributed by atoms with Gasteiger partial charge in [-0.3, -0.25) is 0 Å². The van der Waals surface area contributed by atoms with Crippen LogP contribution in [-0.2, 0) is 10.9 Å². The van der Waals surface area contributed by atoms with E-state index in [1.54, 1.807) is 19.1 Å². The number of nitrogen functional groups attached to an aromatic ring is 1. The molecule has 0 radical (unpaired) electrons. The lowest BCUT2D eigenvalue weighted by Gasteiger charge is -2.24. The Morgan fingerprint density at radius 1 is 1.21 bits per heavy atom. The van der Waals surface area contributed by atoms with Crippen LogP contribution in [0.5, 0.6) is 5.75 Å². The molecule has 0 bridgehead atoms. The third kappa shape index (κ3) is 4.35. The number of benzene rings is 1. The predicted molar refractivity (Wildman–Crippen MR) is 104 cm³/mol. The number of nitrogens with two attached hydrogens (primary N) is 1. The maximum Gasteiger partial charge on any atom is 0.434 e. The summed E-state index contributed by atoms with van der Waals surface area (Å²) in [7, 11) is 0. The van der Waals surface area contributed by atoms with Gasteiger partial charge in [-0.1, -0.05) is 0 Å². The molecule has 3 heterocycles. The molecule has 1 aromatic carbocycles. The Morgan fingerprint density at radius 2 is 1.97 bits per heavy atom. The SMILES string of the molecule is Cc1nc(Nc2nc(C(F)(F)F)cs2)c2c(OC3CCOCC3)cc(N)cc2n1. The number of thiazole rings is 1. The molecule has 29 heavy (non-hydrogen) atoms. The van der Waals surface area contributed by atoms with Gasteiger partial charge in [-0.25, -0.2) is 15.0 Å². The molecule has 0 atom stereocenters. The minimum atomic E-state index is -4.51. The van der Waals surface area contributed by atoms with Crippen molar-refractivity contribution in [1.82, 2.24) is 15.0 Å². The van der Waals surface area contributed by atoms with Gasteiger partial charge >= 0.3 is 6.18 Å². The molecule has 1 aliphatic rings. The molecular weight excluding hydrogens is 407 g/mol. The number of aryl methyl sites for hydroxylation is 1. The maximum absolute atomic E-state index is 12.9. The fraction of sp³-hybridized carbons (Fsp3) is 0.389. The average Bonchev–Trinajstić information content (AvgIpc) is 3.10. The van der Waals surface area contributed by atoms with Gasteiger partial charge in [-0.05, 0) is 13.0 Å². The zero-order valence-corrected chi connectivity index (χ0v) is 16.2. The van der Waals surface area contributed by atoms with E-state index in [1.807, 2.05) is 0 Å². The van der Waals surface area contributed by atoms with E-state index in [0.717, 1.165) is 29.6 Å². The highest BCUT2D eigenvalue weighted by Gasteiger charge is 2.34. The van der Waals surface area contributed by atoms with Crippen LogP contribution in [0.4, 0.5) is 29.8 Å². The molecule has 1 fully saturated rings. The number of hydrogen-bond donors (Lipinski definition) is 2. The smallest absolute Gasteiger partial charge is 0.434 e. The standard InChI is InChI=1S/C18H18F3N5O2S/c1-9-23-12-6-10(22)7-13(28-11-2-4-27-5-3-11)15(12)16(24-9)26-17-25-14(8-29-17)18(19,20)21/h6-8,11H,2-5,22H2,1H3,(H,23,24,25,26).